The Labute approximate surface area is 55.4 Å². The number of hydrogen-bond donors (Lipinski definition) is 0. The summed E-state index contributed by atoms with van der Waals surface area (Å²) in [4.78, 5) is 11.0. The molecule has 2 atom stereocenters. The van der Waals surface area contributed by atoms with Crippen molar-refractivity contribution in [2.75, 3.05) is 0 Å². The van der Waals surface area contributed by atoms with Gasteiger partial charge in [-0.15, -0.1) is 0 Å². The third-order valence-corrected chi connectivity index (χ3v) is 2.91. The number of rotatable bonds is 0. The van der Waals surface area contributed by atoms with E-state index >= 15 is 0 Å². The zero-order valence-electron chi connectivity index (χ0n) is 5.81. The van der Waals surface area contributed by atoms with Gasteiger partial charge in [0.05, 0.1) is 0 Å². The van der Waals surface area contributed by atoms with Gasteiger partial charge in [0.25, 0.3) is 0 Å². The highest BCUT2D eigenvalue weighted by atomic mass is 16.1. The van der Waals surface area contributed by atoms with E-state index in [9.17, 15) is 4.79 Å². The first-order chi connectivity index (χ1) is 4.22. The quantitative estimate of drug-likeness (QED) is 0.481. The van der Waals surface area contributed by atoms with Gasteiger partial charge in [0.15, 0.2) is 0 Å². The highest BCUT2D eigenvalue weighted by Gasteiger charge is 2.55. The van der Waals surface area contributed by atoms with E-state index in [4.69, 9.17) is 0 Å². The summed E-state index contributed by atoms with van der Waals surface area (Å²) >= 11 is 0. The van der Waals surface area contributed by atoms with Crippen molar-refractivity contribution in [1.29, 1.82) is 0 Å². The fourth-order valence-electron chi connectivity index (χ4n) is 2.03. The lowest BCUT2D eigenvalue weighted by atomic mass is 9.89. The molecule has 0 unspecified atom stereocenters. The van der Waals surface area contributed by atoms with Crippen LogP contribution in [0.15, 0.2) is 0 Å². The molecule has 2 fully saturated rings. The van der Waals surface area contributed by atoms with E-state index in [0.717, 1.165) is 12.8 Å². The second-order valence-corrected chi connectivity index (χ2v) is 3.73. The molecule has 0 radical (unpaired) electrons. The number of ketones is 1. The molecule has 1 nitrogen and oxygen atoms in total. The van der Waals surface area contributed by atoms with E-state index in [1.165, 1.54) is 12.8 Å². The summed E-state index contributed by atoms with van der Waals surface area (Å²) < 4.78 is 0. The molecule has 0 amide bonds. The molecule has 1 heteroatoms. The lowest BCUT2D eigenvalue weighted by Crippen LogP contribution is -2.13. The average Bonchev–Trinajstić information content (AvgIpc) is 2.43. The zero-order valence-corrected chi connectivity index (χ0v) is 5.81. The van der Waals surface area contributed by atoms with Crippen molar-refractivity contribution < 1.29 is 4.79 Å². The Kier molecular flexibility index (Phi) is 0.842. The van der Waals surface area contributed by atoms with Gasteiger partial charge in [0.2, 0.25) is 0 Å². The van der Waals surface area contributed by atoms with Crippen LogP contribution < -0.4 is 0 Å². The van der Waals surface area contributed by atoms with Crippen molar-refractivity contribution in [2.45, 2.75) is 32.6 Å². The summed E-state index contributed by atoms with van der Waals surface area (Å²) in [6, 6.07) is 0. The van der Waals surface area contributed by atoms with Crippen LogP contribution in [-0.4, -0.2) is 5.78 Å². The lowest BCUT2D eigenvalue weighted by molar-refractivity contribution is -0.122. The van der Waals surface area contributed by atoms with E-state index < -0.39 is 0 Å². The Morgan fingerprint density at radius 1 is 1.67 bits per heavy atom. The number of Topliss-reactive ketones (excluding diaryl/α,β-unsaturated/α-hetero) is 1. The van der Waals surface area contributed by atoms with Gasteiger partial charge in [-0.25, -0.2) is 0 Å². The Morgan fingerprint density at radius 3 is 3.00 bits per heavy atom. The number of carbonyl (C=O) groups is 1. The van der Waals surface area contributed by atoms with Crippen molar-refractivity contribution in [3.63, 3.8) is 0 Å². The normalized spacial score (nSPS) is 48.6. The van der Waals surface area contributed by atoms with Gasteiger partial charge in [-0.3, -0.25) is 4.79 Å². The SMILES string of the molecule is C[C@@]12CCCC(=O)[C@H]1C2. The monoisotopic (exact) mass is 124 g/mol. The van der Waals surface area contributed by atoms with Crippen molar-refractivity contribution >= 4 is 5.78 Å². The summed E-state index contributed by atoms with van der Waals surface area (Å²) in [6.45, 7) is 2.24. The molecule has 2 saturated carbocycles. The topological polar surface area (TPSA) is 17.1 Å². The summed E-state index contributed by atoms with van der Waals surface area (Å²) in [7, 11) is 0. The minimum atomic E-state index is 0.468. The first-order valence-corrected chi connectivity index (χ1v) is 3.75. The van der Waals surface area contributed by atoms with Gasteiger partial charge in [-0.1, -0.05) is 6.92 Å². The molecule has 0 aromatic rings. The van der Waals surface area contributed by atoms with Crippen LogP contribution in [0.2, 0.25) is 0 Å². The molecule has 0 bridgehead atoms. The fourth-order valence-corrected chi connectivity index (χ4v) is 2.03. The highest BCUT2D eigenvalue weighted by Crippen LogP contribution is 2.59. The predicted octanol–water partition coefficient (Wildman–Crippen LogP) is 1.77. The molecular weight excluding hydrogens is 112 g/mol. The first-order valence-electron chi connectivity index (χ1n) is 3.75. The van der Waals surface area contributed by atoms with Crippen molar-refractivity contribution in [1.82, 2.24) is 0 Å². The largest absolute Gasteiger partial charge is 0.299 e. The Balaban J connectivity index is 2.16. The summed E-state index contributed by atoms with van der Waals surface area (Å²) in [5, 5.41) is 0. The van der Waals surface area contributed by atoms with Crippen LogP contribution in [0.1, 0.15) is 32.6 Å². The van der Waals surface area contributed by atoms with Crippen LogP contribution in [0.25, 0.3) is 0 Å². The molecule has 0 aromatic carbocycles. The van der Waals surface area contributed by atoms with Crippen LogP contribution in [0.3, 0.4) is 0 Å². The van der Waals surface area contributed by atoms with Crippen molar-refractivity contribution in [2.24, 2.45) is 11.3 Å². The molecule has 0 aromatic heterocycles. The molecule has 2 aliphatic carbocycles. The molecular formula is C8H12O. The first kappa shape index (κ1) is 5.45. The van der Waals surface area contributed by atoms with E-state index in [0.29, 0.717) is 17.1 Å². The molecule has 9 heavy (non-hydrogen) atoms. The van der Waals surface area contributed by atoms with Crippen LogP contribution in [-0.2, 0) is 4.79 Å². The second-order valence-electron chi connectivity index (χ2n) is 3.73. The van der Waals surface area contributed by atoms with Crippen molar-refractivity contribution in [3.8, 4) is 0 Å². The zero-order chi connectivity index (χ0) is 6.48. The Bertz CT molecular complexity index is 162. The molecule has 0 heterocycles. The van der Waals surface area contributed by atoms with Gasteiger partial charge in [0, 0.05) is 12.3 Å². The van der Waals surface area contributed by atoms with Gasteiger partial charge >= 0.3 is 0 Å². The molecule has 2 aliphatic rings. The maximum Gasteiger partial charge on any atom is 0.136 e. The summed E-state index contributed by atoms with van der Waals surface area (Å²) in [5.41, 5.74) is 0.468. The van der Waals surface area contributed by atoms with Crippen LogP contribution >= 0.6 is 0 Å². The minimum Gasteiger partial charge on any atom is -0.299 e. The second kappa shape index (κ2) is 1.39. The molecule has 0 saturated heterocycles. The lowest BCUT2D eigenvalue weighted by Gasteiger charge is -2.14. The molecule has 50 valence electrons. The maximum absolute atomic E-state index is 11.0. The van der Waals surface area contributed by atoms with Crippen LogP contribution in [0.4, 0.5) is 0 Å². The Morgan fingerprint density at radius 2 is 2.44 bits per heavy atom. The Hall–Kier alpha value is -0.330. The van der Waals surface area contributed by atoms with Gasteiger partial charge in [-0.05, 0) is 24.7 Å². The van der Waals surface area contributed by atoms with Crippen molar-refractivity contribution in [3.05, 3.63) is 0 Å². The highest BCUT2D eigenvalue weighted by molar-refractivity contribution is 5.85. The van der Waals surface area contributed by atoms with Gasteiger partial charge in [0.1, 0.15) is 5.78 Å². The summed E-state index contributed by atoms with van der Waals surface area (Å²) in [5.74, 6) is 1.01. The van der Waals surface area contributed by atoms with E-state index in [2.05, 4.69) is 6.92 Å². The maximum atomic E-state index is 11.0. The molecule has 0 aliphatic heterocycles. The smallest absolute Gasteiger partial charge is 0.136 e. The number of fused-ring (bicyclic) bond motifs is 1. The molecule has 2 rings (SSSR count). The molecule has 0 spiro atoms. The minimum absolute atomic E-state index is 0.468. The predicted molar refractivity (Wildman–Crippen MR) is 35.1 cm³/mol. The fraction of sp³-hybridized carbons (Fsp3) is 0.875. The van der Waals surface area contributed by atoms with E-state index in [1.54, 1.807) is 0 Å². The standard InChI is InChI=1S/C8H12O/c1-8-4-2-3-7(9)6(8)5-8/h6H,2-5H2,1H3/t6-,8+/m1/s1. The average molecular weight is 124 g/mol. The third kappa shape index (κ3) is 0.637. The van der Waals surface area contributed by atoms with Gasteiger partial charge in [-0.2, -0.15) is 0 Å². The van der Waals surface area contributed by atoms with Gasteiger partial charge < -0.3 is 0 Å². The summed E-state index contributed by atoms with van der Waals surface area (Å²) in [6.07, 6.45) is 4.49. The van der Waals surface area contributed by atoms with Crippen LogP contribution in [0.5, 0.6) is 0 Å². The number of carbonyl (C=O) groups excluding carboxylic acids is 1. The van der Waals surface area contributed by atoms with E-state index in [1.807, 2.05) is 0 Å². The number of hydrogen-bond acceptors (Lipinski definition) is 1. The third-order valence-electron chi connectivity index (χ3n) is 2.91. The van der Waals surface area contributed by atoms with Crippen LogP contribution in [0, 0.1) is 11.3 Å². The molecule has 0 N–H and O–H groups in total. The van der Waals surface area contributed by atoms with E-state index in [-0.39, 0.29) is 0 Å².